The minimum atomic E-state index is -0.344. The van der Waals surface area contributed by atoms with E-state index in [2.05, 4.69) is 10.3 Å². The lowest BCUT2D eigenvalue weighted by molar-refractivity contribution is -0.124. The fraction of sp³-hybridized carbons (Fsp3) is 0.286. The van der Waals surface area contributed by atoms with E-state index in [1.807, 2.05) is 29.6 Å². The van der Waals surface area contributed by atoms with Crippen molar-refractivity contribution in [3.63, 3.8) is 0 Å². The molecule has 0 spiro atoms. The van der Waals surface area contributed by atoms with Gasteiger partial charge in [-0.2, -0.15) is 0 Å². The van der Waals surface area contributed by atoms with E-state index in [4.69, 9.17) is 10.5 Å². The highest BCUT2D eigenvalue weighted by molar-refractivity contribution is 7.13. The van der Waals surface area contributed by atoms with Crippen LogP contribution in [0.4, 0.5) is 10.8 Å². The second kappa shape index (κ2) is 5.60. The topological polar surface area (TPSA) is 77.2 Å². The number of nitrogen functional groups attached to an aromatic ring is 1. The molecule has 1 aromatic carbocycles. The number of benzene rings is 1. The van der Waals surface area contributed by atoms with E-state index in [-0.39, 0.29) is 12.0 Å². The Bertz CT molecular complexity index is 620. The van der Waals surface area contributed by atoms with Crippen LogP contribution in [-0.2, 0) is 9.53 Å². The lowest BCUT2D eigenvalue weighted by Gasteiger charge is -2.13. The molecule has 1 aliphatic rings. The summed E-state index contributed by atoms with van der Waals surface area (Å²) in [5.41, 5.74) is 8.04. The third-order valence-electron chi connectivity index (χ3n) is 3.20. The van der Waals surface area contributed by atoms with Crippen molar-refractivity contribution in [1.82, 2.24) is 4.98 Å². The largest absolute Gasteiger partial charge is 0.375 e. The summed E-state index contributed by atoms with van der Waals surface area (Å²) in [4.78, 5) is 16.4. The van der Waals surface area contributed by atoms with Crippen LogP contribution in [0.2, 0.25) is 0 Å². The summed E-state index contributed by atoms with van der Waals surface area (Å²) in [6.07, 6.45) is 1.36. The van der Waals surface area contributed by atoms with E-state index in [1.165, 1.54) is 11.3 Å². The van der Waals surface area contributed by atoms with Gasteiger partial charge in [0, 0.05) is 17.6 Å². The number of anilines is 2. The number of ether oxygens (including phenoxy) is 1. The summed E-state index contributed by atoms with van der Waals surface area (Å²) < 4.78 is 5.39. The molecule has 1 amide bonds. The van der Waals surface area contributed by atoms with Crippen molar-refractivity contribution in [3.8, 4) is 11.3 Å². The molecule has 3 N–H and O–H groups in total. The maximum Gasteiger partial charge on any atom is 0.253 e. The molecule has 1 atom stereocenters. The van der Waals surface area contributed by atoms with Crippen molar-refractivity contribution in [3.05, 3.63) is 29.6 Å². The first-order chi connectivity index (χ1) is 9.74. The highest BCUT2D eigenvalue weighted by Crippen LogP contribution is 2.30. The highest BCUT2D eigenvalue weighted by atomic mass is 32.1. The zero-order chi connectivity index (χ0) is 13.9. The van der Waals surface area contributed by atoms with Crippen LogP contribution in [0.15, 0.2) is 29.6 Å². The van der Waals surface area contributed by atoms with Crippen LogP contribution in [0.3, 0.4) is 0 Å². The molecule has 0 aliphatic carbocycles. The van der Waals surface area contributed by atoms with E-state index >= 15 is 0 Å². The van der Waals surface area contributed by atoms with E-state index in [0.29, 0.717) is 11.7 Å². The van der Waals surface area contributed by atoms with E-state index in [9.17, 15) is 4.79 Å². The average molecular weight is 289 g/mol. The number of rotatable bonds is 3. The van der Waals surface area contributed by atoms with Gasteiger partial charge in [-0.15, -0.1) is 11.3 Å². The summed E-state index contributed by atoms with van der Waals surface area (Å²) in [6, 6.07) is 7.56. The van der Waals surface area contributed by atoms with Gasteiger partial charge < -0.3 is 15.8 Å². The van der Waals surface area contributed by atoms with Gasteiger partial charge in [0.15, 0.2) is 5.13 Å². The predicted octanol–water partition coefficient (Wildman–Crippen LogP) is 2.51. The van der Waals surface area contributed by atoms with Gasteiger partial charge >= 0.3 is 0 Å². The van der Waals surface area contributed by atoms with Gasteiger partial charge in [0.25, 0.3) is 5.91 Å². The summed E-state index contributed by atoms with van der Waals surface area (Å²) in [7, 11) is 0. The minimum absolute atomic E-state index is 0.0989. The Balaban J connectivity index is 1.84. The third kappa shape index (κ3) is 2.66. The van der Waals surface area contributed by atoms with Crippen molar-refractivity contribution >= 4 is 28.1 Å². The number of nitrogens with zero attached hydrogens (tertiary/aromatic N) is 1. The number of hydrogen-bond acceptors (Lipinski definition) is 5. The number of amides is 1. The average Bonchev–Trinajstić information content (AvgIpc) is 3.10. The van der Waals surface area contributed by atoms with Gasteiger partial charge in [0.05, 0.1) is 11.4 Å². The smallest absolute Gasteiger partial charge is 0.253 e. The molecule has 5 nitrogen and oxygen atoms in total. The van der Waals surface area contributed by atoms with Gasteiger partial charge in [0.2, 0.25) is 0 Å². The lowest BCUT2D eigenvalue weighted by atomic mass is 10.1. The van der Waals surface area contributed by atoms with Gasteiger partial charge in [0.1, 0.15) is 6.10 Å². The Morgan fingerprint density at radius 3 is 3.00 bits per heavy atom. The molecule has 0 bridgehead atoms. The summed E-state index contributed by atoms with van der Waals surface area (Å²) in [6.45, 7) is 0.655. The Kier molecular flexibility index (Phi) is 3.66. The highest BCUT2D eigenvalue weighted by Gasteiger charge is 2.24. The fourth-order valence-electron chi connectivity index (χ4n) is 2.22. The molecule has 6 heteroatoms. The Hall–Kier alpha value is -1.92. The minimum Gasteiger partial charge on any atom is -0.375 e. The Morgan fingerprint density at radius 2 is 2.30 bits per heavy atom. The monoisotopic (exact) mass is 289 g/mol. The zero-order valence-corrected chi connectivity index (χ0v) is 11.7. The van der Waals surface area contributed by atoms with Gasteiger partial charge in [-0.1, -0.05) is 18.2 Å². The standard InChI is InChI=1S/C14H15N3O2S/c15-14-17-11(8-20-14)9-4-1-2-5-10(9)16-13(18)12-6-3-7-19-12/h1-2,4-5,8,12H,3,6-7H2,(H2,15,17)(H,16,18). The van der Waals surface area contributed by atoms with Gasteiger partial charge in [-0.05, 0) is 18.9 Å². The molecule has 3 rings (SSSR count). The summed E-state index contributed by atoms with van der Waals surface area (Å²) in [5.74, 6) is -0.0989. The van der Waals surface area contributed by atoms with Crippen molar-refractivity contribution in [2.75, 3.05) is 17.7 Å². The van der Waals surface area contributed by atoms with Crippen LogP contribution in [0.25, 0.3) is 11.3 Å². The van der Waals surface area contributed by atoms with Crippen LogP contribution in [0, 0.1) is 0 Å². The van der Waals surface area contributed by atoms with Crippen LogP contribution in [0.5, 0.6) is 0 Å². The molecule has 1 saturated heterocycles. The Morgan fingerprint density at radius 1 is 1.45 bits per heavy atom. The zero-order valence-electron chi connectivity index (χ0n) is 10.8. The molecule has 1 fully saturated rings. The molecule has 1 aromatic heterocycles. The maximum atomic E-state index is 12.1. The second-order valence-electron chi connectivity index (χ2n) is 4.61. The predicted molar refractivity (Wildman–Crippen MR) is 79.6 cm³/mol. The normalized spacial score (nSPS) is 18.1. The maximum absolute atomic E-state index is 12.1. The van der Waals surface area contributed by atoms with Crippen molar-refractivity contribution in [1.29, 1.82) is 0 Å². The molecule has 20 heavy (non-hydrogen) atoms. The van der Waals surface area contributed by atoms with Crippen LogP contribution >= 0.6 is 11.3 Å². The SMILES string of the molecule is Nc1nc(-c2ccccc2NC(=O)C2CCCO2)cs1. The number of hydrogen-bond donors (Lipinski definition) is 2. The fourth-order valence-corrected chi connectivity index (χ4v) is 2.79. The molecule has 104 valence electrons. The van der Waals surface area contributed by atoms with Gasteiger partial charge in [-0.25, -0.2) is 4.98 Å². The van der Waals surface area contributed by atoms with E-state index in [1.54, 1.807) is 0 Å². The Labute approximate surface area is 120 Å². The van der Waals surface area contributed by atoms with Crippen molar-refractivity contribution in [2.45, 2.75) is 18.9 Å². The molecule has 2 aromatic rings. The number of para-hydroxylation sites is 1. The van der Waals surface area contributed by atoms with Crippen LogP contribution < -0.4 is 11.1 Å². The van der Waals surface area contributed by atoms with Gasteiger partial charge in [-0.3, -0.25) is 4.79 Å². The number of carbonyl (C=O) groups is 1. The van der Waals surface area contributed by atoms with Crippen molar-refractivity contribution < 1.29 is 9.53 Å². The van der Waals surface area contributed by atoms with Crippen LogP contribution in [-0.4, -0.2) is 23.6 Å². The summed E-state index contributed by atoms with van der Waals surface area (Å²) >= 11 is 1.38. The first-order valence-electron chi connectivity index (χ1n) is 6.47. The van der Waals surface area contributed by atoms with E-state index < -0.39 is 0 Å². The van der Waals surface area contributed by atoms with E-state index in [0.717, 1.165) is 29.8 Å². The van der Waals surface area contributed by atoms with Crippen LogP contribution in [0.1, 0.15) is 12.8 Å². The molecule has 1 unspecified atom stereocenters. The first kappa shape index (κ1) is 13.1. The molecule has 2 heterocycles. The number of nitrogens with one attached hydrogen (secondary N) is 1. The molecular weight excluding hydrogens is 274 g/mol. The molecular formula is C14H15N3O2S. The number of aromatic nitrogens is 1. The first-order valence-corrected chi connectivity index (χ1v) is 7.35. The van der Waals surface area contributed by atoms with Crippen molar-refractivity contribution in [2.24, 2.45) is 0 Å². The number of nitrogens with two attached hydrogens (primary N) is 1. The molecule has 0 saturated carbocycles. The number of thiazole rings is 1. The number of carbonyl (C=O) groups excluding carboxylic acids is 1. The lowest BCUT2D eigenvalue weighted by Crippen LogP contribution is -2.27. The molecule has 1 aliphatic heterocycles. The quantitative estimate of drug-likeness (QED) is 0.910. The summed E-state index contributed by atoms with van der Waals surface area (Å²) in [5, 5.41) is 5.32. The molecule has 0 radical (unpaired) electrons. The second-order valence-corrected chi connectivity index (χ2v) is 5.50. The third-order valence-corrected chi connectivity index (χ3v) is 3.88.